The van der Waals surface area contributed by atoms with E-state index in [-0.39, 0.29) is 11.5 Å². The van der Waals surface area contributed by atoms with Gasteiger partial charge in [-0.05, 0) is 74.5 Å². The van der Waals surface area contributed by atoms with Gasteiger partial charge in [0.05, 0.1) is 23.8 Å². The fraction of sp³-hybridized carbons (Fsp3) is 0.478. The molecule has 31 heavy (non-hydrogen) atoms. The van der Waals surface area contributed by atoms with Gasteiger partial charge in [-0.2, -0.15) is 0 Å². The third-order valence-electron chi connectivity index (χ3n) is 5.17. The number of ether oxygens (including phenoxy) is 1. The van der Waals surface area contributed by atoms with Crippen molar-refractivity contribution >= 4 is 15.7 Å². The molecule has 172 valence electrons. The van der Waals surface area contributed by atoms with Crippen LogP contribution >= 0.6 is 0 Å². The Hall–Kier alpha value is -2.16. The molecule has 1 N–H and O–H groups in total. The van der Waals surface area contributed by atoms with Crippen LogP contribution in [0, 0.1) is 5.82 Å². The topological polar surface area (TPSA) is 70.1 Å². The normalized spacial score (nSPS) is 11.6. The molecule has 2 aromatic carbocycles. The Kier molecular flexibility index (Phi) is 10.2. The second-order valence-electron chi connectivity index (χ2n) is 7.34. The lowest BCUT2D eigenvalue weighted by Gasteiger charge is -2.20. The second kappa shape index (κ2) is 12.6. The van der Waals surface area contributed by atoms with Gasteiger partial charge in [-0.3, -0.25) is 4.31 Å². The maximum absolute atomic E-state index is 13.1. The summed E-state index contributed by atoms with van der Waals surface area (Å²) in [5.74, 6) is 0.212. The van der Waals surface area contributed by atoms with Crippen LogP contribution < -0.4 is 9.04 Å². The van der Waals surface area contributed by atoms with E-state index in [4.69, 9.17) is 9.84 Å². The van der Waals surface area contributed by atoms with E-state index in [1.54, 1.807) is 24.3 Å². The largest absolute Gasteiger partial charge is 0.494 e. The fourth-order valence-electron chi connectivity index (χ4n) is 3.21. The maximum atomic E-state index is 13.1. The highest BCUT2D eigenvalue weighted by atomic mass is 32.2. The Balaban J connectivity index is 1.76. The number of unbranched alkanes of at least 4 members (excludes halogenated alkanes) is 3. The van der Waals surface area contributed by atoms with E-state index in [1.807, 2.05) is 0 Å². The number of aliphatic hydroxyl groups excluding tert-OH is 1. The molecule has 0 bridgehead atoms. The molecule has 0 heterocycles. The van der Waals surface area contributed by atoms with Gasteiger partial charge in [0.2, 0.25) is 0 Å². The Bertz CT molecular complexity index is 873. The van der Waals surface area contributed by atoms with E-state index in [9.17, 15) is 12.8 Å². The van der Waals surface area contributed by atoms with Gasteiger partial charge in [-0.1, -0.05) is 19.8 Å². The smallest absolute Gasteiger partial charge is 0.264 e. The Labute approximate surface area is 185 Å². The van der Waals surface area contributed by atoms with Gasteiger partial charge >= 0.3 is 0 Å². The van der Waals surface area contributed by atoms with Crippen LogP contribution in [0.3, 0.4) is 0 Å². The van der Waals surface area contributed by atoms with Gasteiger partial charge in [-0.25, -0.2) is 12.8 Å². The molecule has 0 saturated heterocycles. The molecular weight excluding hydrogens is 419 g/mol. The van der Waals surface area contributed by atoms with Crippen molar-refractivity contribution in [2.45, 2.75) is 37.5 Å². The molecule has 0 atom stereocenters. The van der Waals surface area contributed by atoms with Crippen LogP contribution in [0.5, 0.6) is 5.75 Å². The summed E-state index contributed by atoms with van der Waals surface area (Å²) < 4.78 is 45.4. The summed E-state index contributed by atoms with van der Waals surface area (Å²) in [5.41, 5.74) is 0.500. The van der Waals surface area contributed by atoms with Gasteiger partial charge in [-0.15, -0.1) is 0 Å². The predicted molar refractivity (Wildman–Crippen MR) is 122 cm³/mol. The van der Waals surface area contributed by atoms with Gasteiger partial charge < -0.3 is 14.7 Å². The minimum Gasteiger partial charge on any atom is -0.494 e. The summed E-state index contributed by atoms with van der Waals surface area (Å²) in [6, 6.07) is 11.7. The molecule has 0 spiro atoms. The van der Waals surface area contributed by atoms with E-state index in [1.165, 1.54) is 23.5 Å². The van der Waals surface area contributed by atoms with E-state index < -0.39 is 15.8 Å². The summed E-state index contributed by atoms with van der Waals surface area (Å²) in [6.45, 7) is 5.61. The number of benzene rings is 2. The second-order valence-corrected chi connectivity index (χ2v) is 9.31. The number of likely N-dealkylation sites (N-methyl/N-ethyl adjacent to an activating group) is 1. The monoisotopic (exact) mass is 452 g/mol. The molecule has 2 aromatic rings. The summed E-state index contributed by atoms with van der Waals surface area (Å²) in [7, 11) is -2.29. The van der Waals surface area contributed by atoms with Crippen LogP contribution in [0.1, 0.15) is 32.6 Å². The molecule has 0 aliphatic rings. The lowest BCUT2D eigenvalue weighted by molar-refractivity contribution is 0.199. The molecule has 0 radical (unpaired) electrons. The van der Waals surface area contributed by atoms with Crippen molar-refractivity contribution in [2.75, 3.05) is 44.2 Å². The minimum absolute atomic E-state index is 0.0372. The first-order chi connectivity index (χ1) is 14.9. The first kappa shape index (κ1) is 25.1. The number of halogens is 1. The van der Waals surface area contributed by atoms with Crippen molar-refractivity contribution in [1.82, 2.24) is 4.90 Å². The zero-order chi connectivity index (χ0) is 22.7. The fourth-order valence-corrected chi connectivity index (χ4v) is 4.40. The van der Waals surface area contributed by atoms with Gasteiger partial charge in [0, 0.05) is 13.6 Å². The molecule has 0 fully saturated rings. The molecule has 2 rings (SSSR count). The van der Waals surface area contributed by atoms with E-state index in [0.29, 0.717) is 18.0 Å². The molecule has 0 aromatic heterocycles. The summed E-state index contributed by atoms with van der Waals surface area (Å²) >= 11 is 0. The van der Waals surface area contributed by atoms with Crippen LogP contribution in [0.4, 0.5) is 10.1 Å². The van der Waals surface area contributed by atoms with Crippen molar-refractivity contribution in [3.05, 3.63) is 54.3 Å². The standard InChI is InChI=1S/C23H33FN2O4S/c1-3-26(17-18-27)16-6-4-5-7-19-30-22-12-10-21(11-13-22)25(2)31(28,29)23-14-8-20(24)9-15-23/h8-15,27H,3-7,16-19H2,1-2H3. The van der Waals surface area contributed by atoms with E-state index >= 15 is 0 Å². The molecule has 0 unspecified atom stereocenters. The minimum atomic E-state index is -3.75. The number of hydrogen-bond donors (Lipinski definition) is 1. The van der Waals surface area contributed by atoms with E-state index in [2.05, 4.69) is 11.8 Å². The highest BCUT2D eigenvalue weighted by molar-refractivity contribution is 7.92. The number of rotatable bonds is 14. The molecule has 0 amide bonds. The zero-order valence-electron chi connectivity index (χ0n) is 18.3. The van der Waals surface area contributed by atoms with E-state index in [0.717, 1.165) is 57.5 Å². The molecule has 0 saturated carbocycles. The van der Waals surface area contributed by atoms with Crippen molar-refractivity contribution in [2.24, 2.45) is 0 Å². The van der Waals surface area contributed by atoms with Crippen molar-refractivity contribution in [1.29, 1.82) is 0 Å². The van der Waals surface area contributed by atoms with Gasteiger partial charge in [0.15, 0.2) is 0 Å². The molecular formula is C23H33FN2O4S. The lowest BCUT2D eigenvalue weighted by atomic mass is 10.2. The van der Waals surface area contributed by atoms with Crippen LogP contribution in [0.2, 0.25) is 0 Å². The number of sulfonamides is 1. The van der Waals surface area contributed by atoms with Crippen molar-refractivity contribution in [3.8, 4) is 5.75 Å². The Morgan fingerprint density at radius 3 is 2.19 bits per heavy atom. The Morgan fingerprint density at radius 1 is 0.935 bits per heavy atom. The van der Waals surface area contributed by atoms with Gasteiger partial charge in [0.25, 0.3) is 10.0 Å². The molecule has 0 aliphatic carbocycles. The highest BCUT2D eigenvalue weighted by Gasteiger charge is 2.21. The SMILES string of the molecule is CCN(CCO)CCCCCCOc1ccc(N(C)S(=O)(=O)c2ccc(F)cc2)cc1. The number of aliphatic hydroxyl groups is 1. The lowest BCUT2D eigenvalue weighted by Crippen LogP contribution is -2.27. The number of nitrogens with zero attached hydrogens (tertiary/aromatic N) is 2. The van der Waals surface area contributed by atoms with Crippen LogP contribution in [-0.2, 0) is 10.0 Å². The van der Waals surface area contributed by atoms with Crippen molar-refractivity contribution in [3.63, 3.8) is 0 Å². The quantitative estimate of drug-likeness (QED) is 0.440. The average Bonchev–Trinajstić information content (AvgIpc) is 2.78. The average molecular weight is 453 g/mol. The van der Waals surface area contributed by atoms with Crippen LogP contribution in [-0.4, -0.2) is 58.3 Å². The number of hydrogen-bond acceptors (Lipinski definition) is 5. The van der Waals surface area contributed by atoms with Gasteiger partial charge in [0.1, 0.15) is 11.6 Å². The van der Waals surface area contributed by atoms with Crippen molar-refractivity contribution < 1.29 is 22.7 Å². The summed E-state index contributed by atoms with van der Waals surface area (Å²) in [5, 5.41) is 8.99. The first-order valence-corrected chi connectivity index (χ1v) is 12.1. The summed E-state index contributed by atoms with van der Waals surface area (Å²) in [6.07, 6.45) is 4.26. The third-order valence-corrected chi connectivity index (χ3v) is 6.97. The van der Waals surface area contributed by atoms with Crippen LogP contribution in [0.25, 0.3) is 0 Å². The molecule has 6 nitrogen and oxygen atoms in total. The first-order valence-electron chi connectivity index (χ1n) is 10.7. The predicted octanol–water partition coefficient (Wildman–Crippen LogP) is 3.90. The number of anilines is 1. The van der Waals surface area contributed by atoms with Crippen LogP contribution in [0.15, 0.2) is 53.4 Å². The Morgan fingerprint density at radius 2 is 1.58 bits per heavy atom. The molecule has 8 heteroatoms. The molecule has 0 aliphatic heterocycles. The summed E-state index contributed by atoms with van der Waals surface area (Å²) in [4.78, 5) is 2.28. The highest BCUT2D eigenvalue weighted by Crippen LogP contribution is 2.24. The third kappa shape index (κ3) is 7.79. The maximum Gasteiger partial charge on any atom is 0.264 e. The zero-order valence-corrected chi connectivity index (χ0v) is 19.2.